The SMILES string of the molecule is CCCN(C(=O)CNC(=O)OC(C)(C)C)C(C(=O)Nc1ccc2ccccc2c1)c1ccccc1C. The van der Waals surface area contributed by atoms with Gasteiger partial charge >= 0.3 is 6.09 Å². The third-order valence-corrected chi connectivity index (χ3v) is 5.63. The van der Waals surface area contributed by atoms with Gasteiger partial charge in [0, 0.05) is 12.2 Å². The third-order valence-electron chi connectivity index (χ3n) is 5.63. The van der Waals surface area contributed by atoms with Gasteiger partial charge in [0.25, 0.3) is 5.91 Å². The first kappa shape index (κ1) is 26.7. The Hall–Kier alpha value is -3.87. The molecule has 7 nitrogen and oxygen atoms in total. The molecule has 7 heteroatoms. The summed E-state index contributed by atoms with van der Waals surface area (Å²) >= 11 is 0. The highest BCUT2D eigenvalue weighted by atomic mass is 16.6. The Morgan fingerprint density at radius 1 is 0.944 bits per heavy atom. The van der Waals surface area contributed by atoms with Crippen LogP contribution >= 0.6 is 0 Å². The molecule has 0 aliphatic heterocycles. The summed E-state index contributed by atoms with van der Waals surface area (Å²) in [6, 6.07) is 20.3. The largest absolute Gasteiger partial charge is 0.444 e. The molecule has 0 bridgehead atoms. The van der Waals surface area contributed by atoms with Crippen LogP contribution in [0.4, 0.5) is 10.5 Å². The highest BCUT2D eigenvalue weighted by Gasteiger charge is 2.32. The second kappa shape index (κ2) is 11.7. The van der Waals surface area contributed by atoms with E-state index in [2.05, 4.69) is 10.6 Å². The Kier molecular flexibility index (Phi) is 8.69. The minimum absolute atomic E-state index is 0.277. The maximum absolute atomic E-state index is 13.7. The van der Waals surface area contributed by atoms with E-state index >= 15 is 0 Å². The molecule has 190 valence electrons. The molecular formula is C29H35N3O4. The Balaban J connectivity index is 1.89. The number of benzene rings is 3. The number of aryl methyl sites for hydroxylation is 1. The molecule has 0 fully saturated rings. The molecule has 36 heavy (non-hydrogen) atoms. The first-order valence-electron chi connectivity index (χ1n) is 12.2. The van der Waals surface area contributed by atoms with Gasteiger partial charge in [0.15, 0.2) is 0 Å². The van der Waals surface area contributed by atoms with Crippen LogP contribution in [0.1, 0.15) is 51.3 Å². The van der Waals surface area contributed by atoms with E-state index in [4.69, 9.17) is 4.74 Å². The third kappa shape index (κ3) is 7.07. The molecule has 3 aromatic rings. The van der Waals surface area contributed by atoms with Crippen molar-refractivity contribution in [2.45, 2.75) is 52.7 Å². The maximum Gasteiger partial charge on any atom is 0.408 e. The van der Waals surface area contributed by atoms with E-state index < -0.39 is 17.7 Å². The summed E-state index contributed by atoms with van der Waals surface area (Å²) < 4.78 is 5.25. The van der Waals surface area contributed by atoms with Crippen molar-refractivity contribution >= 4 is 34.4 Å². The monoisotopic (exact) mass is 489 g/mol. The van der Waals surface area contributed by atoms with Crippen molar-refractivity contribution in [2.24, 2.45) is 0 Å². The Morgan fingerprint density at radius 3 is 2.28 bits per heavy atom. The van der Waals surface area contributed by atoms with Crippen molar-refractivity contribution in [3.8, 4) is 0 Å². The topological polar surface area (TPSA) is 87.7 Å². The van der Waals surface area contributed by atoms with Gasteiger partial charge in [-0.05, 0) is 68.1 Å². The number of fused-ring (bicyclic) bond motifs is 1. The van der Waals surface area contributed by atoms with E-state index in [1.807, 2.05) is 80.6 Å². The van der Waals surface area contributed by atoms with Gasteiger partial charge in [0.05, 0.1) is 0 Å². The van der Waals surface area contributed by atoms with E-state index in [1.54, 1.807) is 20.8 Å². The molecule has 0 heterocycles. The van der Waals surface area contributed by atoms with Gasteiger partial charge in [0.2, 0.25) is 5.91 Å². The van der Waals surface area contributed by atoms with Crippen molar-refractivity contribution < 1.29 is 19.1 Å². The van der Waals surface area contributed by atoms with E-state index in [-0.39, 0.29) is 18.4 Å². The summed E-state index contributed by atoms with van der Waals surface area (Å²) in [5.74, 6) is -0.691. The number of carbonyl (C=O) groups excluding carboxylic acids is 3. The normalized spacial score (nSPS) is 12.0. The number of anilines is 1. The number of hydrogen-bond donors (Lipinski definition) is 2. The molecule has 3 rings (SSSR count). The first-order valence-corrected chi connectivity index (χ1v) is 12.2. The summed E-state index contributed by atoms with van der Waals surface area (Å²) in [5, 5.41) is 7.60. The minimum atomic E-state index is -0.870. The molecule has 3 amide bonds. The van der Waals surface area contributed by atoms with Gasteiger partial charge in [0.1, 0.15) is 18.2 Å². The Bertz CT molecular complexity index is 1230. The zero-order valence-electron chi connectivity index (χ0n) is 21.6. The van der Waals surface area contributed by atoms with Crippen molar-refractivity contribution in [3.05, 3.63) is 77.9 Å². The fourth-order valence-electron chi connectivity index (χ4n) is 4.02. The number of nitrogens with one attached hydrogen (secondary N) is 2. The second-order valence-electron chi connectivity index (χ2n) is 9.75. The summed E-state index contributed by atoms with van der Waals surface area (Å²) in [7, 11) is 0. The average Bonchev–Trinajstić information content (AvgIpc) is 2.82. The van der Waals surface area contributed by atoms with Gasteiger partial charge in [-0.1, -0.05) is 61.5 Å². The number of nitrogens with zero attached hydrogens (tertiary/aromatic N) is 1. The van der Waals surface area contributed by atoms with Crippen LogP contribution in [0, 0.1) is 6.92 Å². The molecular weight excluding hydrogens is 454 g/mol. The van der Waals surface area contributed by atoms with E-state index in [9.17, 15) is 14.4 Å². The molecule has 3 aromatic carbocycles. The molecule has 0 aromatic heterocycles. The van der Waals surface area contributed by atoms with Crippen LogP contribution in [0.5, 0.6) is 0 Å². The molecule has 0 radical (unpaired) electrons. The van der Waals surface area contributed by atoms with Crippen LogP contribution in [0.2, 0.25) is 0 Å². The molecule has 0 aliphatic rings. The van der Waals surface area contributed by atoms with Crippen LogP contribution < -0.4 is 10.6 Å². The van der Waals surface area contributed by atoms with Crippen LogP contribution in [0.25, 0.3) is 10.8 Å². The van der Waals surface area contributed by atoms with Gasteiger partial charge in [-0.2, -0.15) is 0 Å². The van der Waals surface area contributed by atoms with Crippen LogP contribution in [0.15, 0.2) is 66.7 Å². The number of hydrogen-bond acceptors (Lipinski definition) is 4. The van der Waals surface area contributed by atoms with Crippen LogP contribution in [0.3, 0.4) is 0 Å². The molecule has 2 N–H and O–H groups in total. The highest BCUT2D eigenvalue weighted by Crippen LogP contribution is 2.27. The zero-order valence-corrected chi connectivity index (χ0v) is 21.6. The number of ether oxygens (including phenoxy) is 1. The van der Waals surface area contributed by atoms with Gasteiger partial charge in [-0.15, -0.1) is 0 Å². The predicted octanol–water partition coefficient (Wildman–Crippen LogP) is 5.59. The Morgan fingerprint density at radius 2 is 1.61 bits per heavy atom. The van der Waals surface area contributed by atoms with E-state index in [0.717, 1.165) is 21.9 Å². The molecule has 0 saturated heterocycles. The van der Waals surface area contributed by atoms with Crippen molar-refractivity contribution in [2.75, 3.05) is 18.4 Å². The van der Waals surface area contributed by atoms with Gasteiger partial charge < -0.3 is 20.3 Å². The van der Waals surface area contributed by atoms with E-state index in [0.29, 0.717) is 18.7 Å². The molecule has 1 unspecified atom stereocenters. The molecule has 1 atom stereocenters. The smallest absolute Gasteiger partial charge is 0.408 e. The lowest BCUT2D eigenvalue weighted by Gasteiger charge is -2.32. The average molecular weight is 490 g/mol. The fourth-order valence-corrected chi connectivity index (χ4v) is 4.02. The highest BCUT2D eigenvalue weighted by molar-refractivity contribution is 6.00. The lowest BCUT2D eigenvalue weighted by molar-refractivity contribution is -0.138. The lowest BCUT2D eigenvalue weighted by Crippen LogP contribution is -2.47. The number of carbonyl (C=O) groups is 3. The molecule has 0 saturated carbocycles. The van der Waals surface area contributed by atoms with Crippen LogP contribution in [-0.4, -0.2) is 41.5 Å². The van der Waals surface area contributed by atoms with Gasteiger partial charge in [-0.3, -0.25) is 9.59 Å². The van der Waals surface area contributed by atoms with E-state index in [1.165, 1.54) is 4.90 Å². The lowest BCUT2D eigenvalue weighted by atomic mass is 9.98. The van der Waals surface area contributed by atoms with Crippen molar-refractivity contribution in [1.29, 1.82) is 0 Å². The standard InChI is InChI=1S/C29H35N3O4/c1-6-17-32(25(33)19-30-28(35)36-29(3,4)5)26(24-14-10-7-11-20(24)2)27(34)31-23-16-15-21-12-8-9-13-22(21)18-23/h7-16,18,26H,6,17,19H2,1-5H3,(H,30,35)(H,31,34). The quantitative estimate of drug-likeness (QED) is 0.432. The number of alkyl carbamates (subject to hydrolysis) is 1. The van der Waals surface area contributed by atoms with Crippen molar-refractivity contribution in [3.63, 3.8) is 0 Å². The summed E-state index contributed by atoms with van der Waals surface area (Å²) in [4.78, 5) is 40.7. The number of amides is 3. The summed E-state index contributed by atoms with van der Waals surface area (Å²) in [5.41, 5.74) is 1.59. The predicted molar refractivity (Wildman–Crippen MR) is 143 cm³/mol. The Labute approximate surface area is 212 Å². The summed E-state index contributed by atoms with van der Waals surface area (Å²) in [6.07, 6.45) is -0.0376. The fraction of sp³-hybridized carbons (Fsp3) is 0.345. The second-order valence-corrected chi connectivity index (χ2v) is 9.75. The van der Waals surface area contributed by atoms with Crippen molar-refractivity contribution in [1.82, 2.24) is 10.2 Å². The summed E-state index contributed by atoms with van der Waals surface area (Å²) in [6.45, 7) is 9.19. The molecule has 0 aliphatic carbocycles. The maximum atomic E-state index is 13.7. The van der Waals surface area contributed by atoms with Crippen LogP contribution in [-0.2, 0) is 14.3 Å². The number of rotatable bonds is 8. The first-order chi connectivity index (χ1) is 17.1. The minimum Gasteiger partial charge on any atom is -0.444 e. The molecule has 0 spiro atoms. The van der Waals surface area contributed by atoms with Gasteiger partial charge in [-0.25, -0.2) is 4.79 Å². The zero-order chi connectivity index (χ0) is 26.3.